The molecule has 124 valence electrons. The number of aromatic amines is 1. The average Bonchev–Trinajstić information content (AvgIpc) is 2.92. The molecule has 25 heavy (non-hydrogen) atoms. The number of aryl methyl sites for hydroxylation is 2. The minimum absolute atomic E-state index is 0.249. The molecule has 4 aromatic rings. The molecule has 0 radical (unpaired) electrons. The van der Waals surface area contributed by atoms with Gasteiger partial charge in [-0.3, -0.25) is 0 Å². The van der Waals surface area contributed by atoms with Crippen LogP contribution in [-0.2, 0) is 0 Å². The average molecular weight is 351 g/mol. The van der Waals surface area contributed by atoms with Crippen molar-refractivity contribution in [2.45, 2.75) is 13.8 Å². The molecule has 0 saturated heterocycles. The molecule has 0 fully saturated rings. The maximum absolute atomic E-state index is 12.7. The first kappa shape index (κ1) is 15.6. The summed E-state index contributed by atoms with van der Waals surface area (Å²) in [5, 5.41) is 0.572. The molecule has 0 aliphatic rings. The molecule has 5 nitrogen and oxygen atoms in total. The van der Waals surface area contributed by atoms with E-state index in [0.717, 1.165) is 22.4 Å². The Morgan fingerprint density at radius 2 is 1.72 bits per heavy atom. The molecule has 0 aliphatic heterocycles. The highest BCUT2D eigenvalue weighted by Crippen LogP contribution is 2.30. The third kappa shape index (κ3) is 2.44. The van der Waals surface area contributed by atoms with Crippen LogP contribution in [0.2, 0.25) is 5.02 Å². The van der Waals surface area contributed by atoms with E-state index in [0.29, 0.717) is 21.9 Å². The molecule has 2 heterocycles. The van der Waals surface area contributed by atoms with Gasteiger partial charge in [-0.25, -0.2) is 19.3 Å². The smallest absolute Gasteiger partial charge is 0.302 e. The third-order valence-electron chi connectivity index (χ3n) is 4.27. The number of imidazole rings is 1. The monoisotopic (exact) mass is 350 g/mol. The molecular weight excluding hydrogens is 336 g/mol. The second-order valence-corrected chi connectivity index (χ2v) is 6.31. The van der Waals surface area contributed by atoms with Gasteiger partial charge in [0.05, 0.1) is 10.7 Å². The Labute approximate surface area is 149 Å². The standard InChI is InChI=1S/C19H15ClN4O/c1-11-6-5-7-12(2)17(11)24-18-16(23-19(24)25)15(21-10-22-18)13-8-3-4-9-14(13)20/h3-10H,1-2H3,(H,23,25). The molecule has 2 aromatic heterocycles. The maximum atomic E-state index is 12.7. The zero-order valence-corrected chi connectivity index (χ0v) is 14.5. The molecule has 2 aromatic carbocycles. The van der Waals surface area contributed by atoms with Gasteiger partial charge in [-0.15, -0.1) is 0 Å². The summed E-state index contributed by atoms with van der Waals surface area (Å²) < 4.78 is 1.60. The first-order valence-corrected chi connectivity index (χ1v) is 8.23. The number of H-pyrrole nitrogens is 1. The number of hydrogen-bond acceptors (Lipinski definition) is 3. The summed E-state index contributed by atoms with van der Waals surface area (Å²) >= 11 is 6.31. The number of para-hydroxylation sites is 1. The van der Waals surface area contributed by atoms with Gasteiger partial charge in [0, 0.05) is 5.56 Å². The number of halogens is 1. The number of fused-ring (bicyclic) bond motifs is 1. The molecule has 0 atom stereocenters. The summed E-state index contributed by atoms with van der Waals surface area (Å²) in [6.45, 7) is 3.95. The highest BCUT2D eigenvalue weighted by molar-refractivity contribution is 6.33. The largest absolute Gasteiger partial charge is 0.332 e. The van der Waals surface area contributed by atoms with Crippen LogP contribution >= 0.6 is 11.6 Å². The molecule has 0 saturated carbocycles. The lowest BCUT2D eigenvalue weighted by Gasteiger charge is -2.10. The Balaban J connectivity index is 2.08. The number of hydrogen-bond donors (Lipinski definition) is 1. The SMILES string of the molecule is Cc1cccc(C)c1-n1c(=O)[nH]c2c(-c3ccccc3Cl)ncnc21. The number of benzene rings is 2. The van der Waals surface area contributed by atoms with Crippen molar-refractivity contribution in [1.29, 1.82) is 0 Å². The fourth-order valence-corrected chi connectivity index (χ4v) is 3.37. The van der Waals surface area contributed by atoms with Crippen molar-refractivity contribution in [2.24, 2.45) is 0 Å². The van der Waals surface area contributed by atoms with E-state index in [1.165, 1.54) is 6.33 Å². The minimum atomic E-state index is -0.249. The van der Waals surface area contributed by atoms with Crippen LogP contribution in [0.25, 0.3) is 28.1 Å². The predicted molar refractivity (Wildman–Crippen MR) is 99.4 cm³/mol. The normalized spacial score (nSPS) is 11.2. The molecule has 1 N–H and O–H groups in total. The van der Waals surface area contributed by atoms with Crippen molar-refractivity contribution in [2.75, 3.05) is 0 Å². The Kier molecular flexibility index (Phi) is 3.66. The van der Waals surface area contributed by atoms with Gasteiger partial charge in [-0.05, 0) is 31.0 Å². The topological polar surface area (TPSA) is 63.6 Å². The van der Waals surface area contributed by atoms with Crippen molar-refractivity contribution >= 4 is 22.8 Å². The van der Waals surface area contributed by atoms with Crippen LogP contribution in [-0.4, -0.2) is 19.5 Å². The molecule has 0 spiro atoms. The first-order chi connectivity index (χ1) is 12.1. The summed E-state index contributed by atoms with van der Waals surface area (Å²) in [7, 11) is 0. The van der Waals surface area contributed by atoms with E-state index in [9.17, 15) is 4.79 Å². The van der Waals surface area contributed by atoms with Crippen LogP contribution in [0, 0.1) is 13.8 Å². The molecule has 0 amide bonds. The van der Waals surface area contributed by atoms with Gasteiger partial charge in [0.15, 0.2) is 5.65 Å². The fraction of sp³-hybridized carbons (Fsp3) is 0.105. The molecular formula is C19H15ClN4O. The Bertz CT molecular complexity index is 1140. The summed E-state index contributed by atoms with van der Waals surface area (Å²) in [4.78, 5) is 24.3. The second kappa shape index (κ2) is 5.86. The van der Waals surface area contributed by atoms with Gasteiger partial charge in [0.25, 0.3) is 0 Å². The van der Waals surface area contributed by atoms with Crippen LogP contribution in [0.1, 0.15) is 11.1 Å². The Hall–Kier alpha value is -2.92. The van der Waals surface area contributed by atoms with Gasteiger partial charge in [-0.2, -0.15) is 0 Å². The summed E-state index contributed by atoms with van der Waals surface area (Å²) in [5.74, 6) is 0. The zero-order valence-electron chi connectivity index (χ0n) is 13.7. The molecule has 0 unspecified atom stereocenters. The fourth-order valence-electron chi connectivity index (χ4n) is 3.14. The maximum Gasteiger partial charge on any atom is 0.332 e. The van der Waals surface area contributed by atoms with Gasteiger partial charge >= 0.3 is 5.69 Å². The predicted octanol–water partition coefficient (Wildman–Crippen LogP) is 4.05. The van der Waals surface area contributed by atoms with E-state index in [1.807, 2.05) is 50.2 Å². The summed E-state index contributed by atoms with van der Waals surface area (Å²) in [6, 6.07) is 13.3. The van der Waals surface area contributed by atoms with Crippen LogP contribution < -0.4 is 5.69 Å². The van der Waals surface area contributed by atoms with Crippen LogP contribution in [0.15, 0.2) is 53.6 Å². The van der Waals surface area contributed by atoms with E-state index in [4.69, 9.17) is 11.6 Å². The number of nitrogens with one attached hydrogen (secondary N) is 1. The van der Waals surface area contributed by atoms with E-state index in [-0.39, 0.29) is 5.69 Å². The van der Waals surface area contributed by atoms with Crippen LogP contribution in [0.5, 0.6) is 0 Å². The quantitative estimate of drug-likeness (QED) is 0.593. The number of rotatable bonds is 2. The number of aromatic nitrogens is 4. The zero-order chi connectivity index (χ0) is 17.6. The first-order valence-electron chi connectivity index (χ1n) is 7.85. The van der Waals surface area contributed by atoms with Gasteiger partial charge in [-0.1, -0.05) is 48.0 Å². The van der Waals surface area contributed by atoms with Crippen molar-refractivity contribution in [1.82, 2.24) is 19.5 Å². The van der Waals surface area contributed by atoms with Crippen molar-refractivity contribution in [3.63, 3.8) is 0 Å². The minimum Gasteiger partial charge on any atom is -0.302 e. The third-order valence-corrected chi connectivity index (χ3v) is 4.60. The van der Waals surface area contributed by atoms with E-state index >= 15 is 0 Å². The van der Waals surface area contributed by atoms with Gasteiger partial charge < -0.3 is 4.98 Å². The van der Waals surface area contributed by atoms with Crippen molar-refractivity contribution in [3.05, 3.63) is 75.4 Å². The van der Waals surface area contributed by atoms with E-state index in [2.05, 4.69) is 15.0 Å². The molecule has 6 heteroatoms. The van der Waals surface area contributed by atoms with Crippen LogP contribution in [0.3, 0.4) is 0 Å². The van der Waals surface area contributed by atoms with Gasteiger partial charge in [0.1, 0.15) is 17.5 Å². The highest BCUT2D eigenvalue weighted by Gasteiger charge is 2.18. The lowest BCUT2D eigenvalue weighted by atomic mass is 10.1. The molecule has 0 bridgehead atoms. The lowest BCUT2D eigenvalue weighted by molar-refractivity contribution is 0.974. The van der Waals surface area contributed by atoms with Gasteiger partial charge in [0.2, 0.25) is 0 Å². The second-order valence-electron chi connectivity index (χ2n) is 5.91. The Morgan fingerprint density at radius 3 is 2.44 bits per heavy atom. The molecule has 0 aliphatic carbocycles. The highest BCUT2D eigenvalue weighted by atomic mass is 35.5. The molecule has 4 rings (SSSR count). The summed E-state index contributed by atoms with van der Waals surface area (Å²) in [5.41, 5.74) is 5.06. The Morgan fingerprint density at radius 1 is 1.00 bits per heavy atom. The van der Waals surface area contributed by atoms with Crippen molar-refractivity contribution < 1.29 is 0 Å². The van der Waals surface area contributed by atoms with Crippen LogP contribution in [0.4, 0.5) is 0 Å². The lowest BCUT2D eigenvalue weighted by Crippen LogP contribution is -2.17. The summed E-state index contributed by atoms with van der Waals surface area (Å²) in [6.07, 6.45) is 1.46. The van der Waals surface area contributed by atoms with Crippen molar-refractivity contribution in [3.8, 4) is 16.9 Å². The van der Waals surface area contributed by atoms with E-state index in [1.54, 1.807) is 10.6 Å². The van der Waals surface area contributed by atoms with E-state index < -0.39 is 0 Å². The number of nitrogens with zero attached hydrogens (tertiary/aromatic N) is 3.